The second-order valence-corrected chi connectivity index (χ2v) is 3.83. The zero-order valence-corrected chi connectivity index (χ0v) is 8.89. The van der Waals surface area contributed by atoms with Crippen molar-refractivity contribution in [2.24, 2.45) is 0 Å². The molecule has 3 rings (SSSR count). The number of ether oxygens (including phenoxy) is 1. The van der Waals surface area contributed by atoms with Crippen LogP contribution in [-0.2, 0) is 4.74 Å². The van der Waals surface area contributed by atoms with E-state index >= 15 is 0 Å². The molecule has 0 saturated heterocycles. The number of carbonyl (C=O) groups is 1. The van der Waals surface area contributed by atoms with Crippen LogP contribution in [0.3, 0.4) is 0 Å². The maximum absolute atomic E-state index is 11.3. The Morgan fingerprint density at radius 1 is 1.31 bits per heavy atom. The predicted octanol–water partition coefficient (Wildman–Crippen LogP) is 2.28. The molecule has 5 heteroatoms. The Balaban J connectivity index is 2.10. The van der Waals surface area contributed by atoms with Gasteiger partial charge in [-0.25, -0.2) is 9.48 Å². The molecule has 0 bridgehead atoms. The van der Waals surface area contributed by atoms with E-state index in [2.05, 4.69) is 5.10 Å². The number of rotatable bonds is 1. The summed E-state index contributed by atoms with van der Waals surface area (Å²) in [6.45, 7) is 0. The molecule has 1 atom stereocenters. The van der Waals surface area contributed by atoms with Crippen LogP contribution in [0.4, 0.5) is 0 Å². The third kappa shape index (κ3) is 1.31. The molecule has 0 radical (unpaired) electrons. The van der Waals surface area contributed by atoms with Crippen LogP contribution < -0.4 is 0 Å². The molecule has 0 amide bonds. The summed E-state index contributed by atoms with van der Waals surface area (Å²) < 4.78 is 6.44. The zero-order chi connectivity index (χ0) is 11.1. The normalized spacial score (nSPS) is 18.3. The lowest BCUT2D eigenvalue weighted by molar-refractivity contribution is 0.0505. The van der Waals surface area contributed by atoms with E-state index in [1.54, 1.807) is 10.9 Å². The molecule has 0 saturated carbocycles. The zero-order valence-electron chi connectivity index (χ0n) is 8.13. The summed E-state index contributed by atoms with van der Waals surface area (Å²) in [5, 5.41) is 4.15. The van der Waals surface area contributed by atoms with Crippen molar-refractivity contribution in [2.75, 3.05) is 0 Å². The molecule has 1 aromatic carbocycles. The fourth-order valence-electron chi connectivity index (χ4n) is 1.64. The van der Waals surface area contributed by atoms with Crippen molar-refractivity contribution >= 4 is 17.6 Å². The Hall–Kier alpha value is -1.81. The molecule has 0 spiro atoms. The number of cyclic esters (lactones) is 1. The molecule has 0 aliphatic carbocycles. The lowest BCUT2D eigenvalue weighted by Gasteiger charge is -2.02. The van der Waals surface area contributed by atoms with Gasteiger partial charge in [-0.3, -0.25) is 0 Å². The Morgan fingerprint density at radius 3 is 2.75 bits per heavy atom. The topological polar surface area (TPSA) is 44.1 Å². The molecule has 0 fully saturated rings. The van der Waals surface area contributed by atoms with Crippen LogP contribution in [0.2, 0.25) is 0 Å². The van der Waals surface area contributed by atoms with Gasteiger partial charge in [-0.15, -0.1) is 0 Å². The van der Waals surface area contributed by atoms with Crippen molar-refractivity contribution in [3.05, 3.63) is 47.8 Å². The van der Waals surface area contributed by atoms with Crippen molar-refractivity contribution < 1.29 is 9.53 Å². The maximum atomic E-state index is 11.3. The molecule has 2 heterocycles. The quantitative estimate of drug-likeness (QED) is 0.562. The molecule has 0 N–H and O–H groups in total. The van der Waals surface area contributed by atoms with Crippen LogP contribution in [0.1, 0.15) is 21.6 Å². The van der Waals surface area contributed by atoms with E-state index in [-0.39, 0.29) is 0 Å². The lowest BCUT2D eigenvalue weighted by atomic mass is 10.3. The third-order valence-corrected chi connectivity index (χ3v) is 2.74. The van der Waals surface area contributed by atoms with Crippen molar-refractivity contribution in [2.45, 2.75) is 5.56 Å². The first kappa shape index (κ1) is 9.42. The van der Waals surface area contributed by atoms with Gasteiger partial charge in [-0.1, -0.05) is 29.8 Å². The van der Waals surface area contributed by atoms with Gasteiger partial charge < -0.3 is 4.74 Å². The highest BCUT2D eigenvalue weighted by molar-refractivity contribution is 6.22. The van der Waals surface area contributed by atoms with Gasteiger partial charge in [-0.05, 0) is 12.1 Å². The Kier molecular flexibility index (Phi) is 1.97. The molecule has 2 aromatic rings. The van der Waals surface area contributed by atoms with Gasteiger partial charge in [-0.2, -0.15) is 5.10 Å². The molecular weight excluding hydrogens is 228 g/mol. The van der Waals surface area contributed by atoms with E-state index in [0.29, 0.717) is 11.3 Å². The largest absolute Gasteiger partial charge is 0.436 e. The number of hydrogen-bond donors (Lipinski definition) is 0. The highest BCUT2D eigenvalue weighted by Crippen LogP contribution is 2.33. The summed E-state index contributed by atoms with van der Waals surface area (Å²) in [5.74, 6) is -0.468. The summed E-state index contributed by atoms with van der Waals surface area (Å²) in [6.07, 6.45) is 1.72. The SMILES string of the molecule is O=C1O[C@H](Cl)c2cn(-c3ccccc3)nc21. The highest BCUT2D eigenvalue weighted by atomic mass is 35.5. The van der Waals surface area contributed by atoms with Crippen molar-refractivity contribution in [3.63, 3.8) is 0 Å². The number of aromatic nitrogens is 2. The lowest BCUT2D eigenvalue weighted by Crippen LogP contribution is -2.01. The van der Waals surface area contributed by atoms with E-state index < -0.39 is 11.5 Å². The molecule has 4 nitrogen and oxygen atoms in total. The standard InChI is InChI=1S/C11H7ClN2O2/c12-10-8-6-14(7-4-2-1-3-5-7)13-9(8)11(15)16-10/h1-6,10H/t10-/m0/s1. The summed E-state index contributed by atoms with van der Waals surface area (Å²) in [5.41, 5.74) is 1.08. The van der Waals surface area contributed by atoms with Gasteiger partial charge in [0.1, 0.15) is 0 Å². The van der Waals surface area contributed by atoms with Crippen LogP contribution in [-0.4, -0.2) is 15.7 Å². The minimum absolute atomic E-state index is 0.295. The number of para-hydroxylation sites is 1. The second kappa shape index (κ2) is 3.35. The van der Waals surface area contributed by atoms with Crippen LogP contribution >= 0.6 is 11.6 Å². The second-order valence-electron chi connectivity index (χ2n) is 3.43. The minimum atomic E-state index is -0.722. The van der Waals surface area contributed by atoms with Gasteiger partial charge in [0.05, 0.1) is 11.3 Å². The molecule has 1 aromatic heterocycles. The van der Waals surface area contributed by atoms with Gasteiger partial charge in [0, 0.05) is 6.20 Å². The van der Waals surface area contributed by atoms with Crippen LogP contribution in [0.15, 0.2) is 36.5 Å². The van der Waals surface area contributed by atoms with Crippen molar-refractivity contribution in [1.82, 2.24) is 9.78 Å². The minimum Gasteiger partial charge on any atom is -0.436 e. The number of nitrogens with zero attached hydrogens (tertiary/aromatic N) is 2. The maximum Gasteiger partial charge on any atom is 0.361 e. The molecule has 1 aliphatic rings. The predicted molar refractivity (Wildman–Crippen MR) is 57.6 cm³/mol. The van der Waals surface area contributed by atoms with Gasteiger partial charge in [0.25, 0.3) is 0 Å². The van der Waals surface area contributed by atoms with E-state index in [0.717, 1.165) is 5.69 Å². The number of hydrogen-bond acceptors (Lipinski definition) is 3. The molecule has 80 valence electrons. The smallest absolute Gasteiger partial charge is 0.361 e. The number of alkyl halides is 1. The molecule has 1 aliphatic heterocycles. The highest BCUT2D eigenvalue weighted by Gasteiger charge is 2.33. The fraction of sp³-hybridized carbons (Fsp3) is 0.0909. The Bertz CT molecular complexity index is 550. The van der Waals surface area contributed by atoms with Crippen LogP contribution in [0.25, 0.3) is 5.69 Å². The average Bonchev–Trinajstić information content (AvgIpc) is 2.83. The monoisotopic (exact) mass is 234 g/mol. The molecular formula is C11H7ClN2O2. The summed E-state index contributed by atoms with van der Waals surface area (Å²) in [4.78, 5) is 11.3. The van der Waals surface area contributed by atoms with Gasteiger partial charge in [0.15, 0.2) is 5.69 Å². The number of esters is 1. The van der Waals surface area contributed by atoms with Crippen LogP contribution in [0.5, 0.6) is 0 Å². The number of carbonyl (C=O) groups excluding carboxylic acids is 1. The average molecular weight is 235 g/mol. The molecule has 16 heavy (non-hydrogen) atoms. The number of halogens is 1. The first-order valence-electron chi connectivity index (χ1n) is 4.76. The van der Waals surface area contributed by atoms with Crippen LogP contribution in [0, 0.1) is 0 Å². The summed E-state index contributed by atoms with van der Waals surface area (Å²) in [6, 6.07) is 9.52. The number of benzene rings is 1. The van der Waals surface area contributed by atoms with Crippen molar-refractivity contribution in [1.29, 1.82) is 0 Å². The van der Waals surface area contributed by atoms with E-state index in [4.69, 9.17) is 16.3 Å². The number of fused-ring (bicyclic) bond motifs is 1. The van der Waals surface area contributed by atoms with E-state index in [9.17, 15) is 4.79 Å². The first-order chi connectivity index (χ1) is 7.75. The summed E-state index contributed by atoms with van der Waals surface area (Å²) >= 11 is 5.84. The van der Waals surface area contributed by atoms with E-state index in [1.807, 2.05) is 30.3 Å². The Morgan fingerprint density at radius 2 is 2.06 bits per heavy atom. The third-order valence-electron chi connectivity index (χ3n) is 2.41. The van der Waals surface area contributed by atoms with Crippen molar-refractivity contribution in [3.8, 4) is 5.69 Å². The van der Waals surface area contributed by atoms with Gasteiger partial charge in [0.2, 0.25) is 5.56 Å². The summed E-state index contributed by atoms with van der Waals surface area (Å²) in [7, 11) is 0. The molecule has 0 unspecified atom stereocenters. The van der Waals surface area contributed by atoms with Gasteiger partial charge >= 0.3 is 5.97 Å². The Labute approximate surface area is 96.4 Å². The van der Waals surface area contributed by atoms with E-state index in [1.165, 1.54) is 0 Å². The fourth-order valence-corrected chi connectivity index (χ4v) is 1.88. The first-order valence-corrected chi connectivity index (χ1v) is 5.19.